The van der Waals surface area contributed by atoms with Crippen LogP contribution in [0.15, 0.2) is 217 Å². The average molecular weight is 690 g/mol. The molecule has 0 fully saturated rings. The van der Waals surface area contributed by atoms with Crippen molar-refractivity contribution in [3.63, 3.8) is 0 Å². The number of anilines is 3. The fourth-order valence-corrected chi connectivity index (χ4v) is 8.03. The summed E-state index contributed by atoms with van der Waals surface area (Å²) in [4.78, 5) is 2.39. The zero-order valence-corrected chi connectivity index (χ0v) is 29.6. The Hall–Kier alpha value is -7.16. The Bertz CT molecular complexity index is 2920. The second kappa shape index (κ2) is 13.4. The van der Waals surface area contributed by atoms with Crippen LogP contribution in [0.3, 0.4) is 0 Å². The first-order valence-electron chi connectivity index (χ1n) is 18.4. The third-order valence-electron chi connectivity index (χ3n) is 10.5. The smallest absolute Gasteiger partial charge is 0.159 e. The quantitative estimate of drug-likeness (QED) is 0.166. The average Bonchev–Trinajstić information content (AvgIpc) is 3.64. The minimum Gasteiger partial charge on any atom is -0.454 e. The molecule has 10 rings (SSSR count). The summed E-state index contributed by atoms with van der Waals surface area (Å²) in [5.41, 5.74) is 14.2. The highest BCUT2D eigenvalue weighted by molar-refractivity contribution is 6.12. The van der Waals surface area contributed by atoms with E-state index in [4.69, 9.17) is 4.42 Å². The molecule has 0 aliphatic rings. The largest absolute Gasteiger partial charge is 0.454 e. The van der Waals surface area contributed by atoms with Gasteiger partial charge in [0.25, 0.3) is 0 Å². The van der Waals surface area contributed by atoms with E-state index in [0.717, 1.165) is 55.7 Å². The number of hydrogen-bond donors (Lipinski definition) is 0. The van der Waals surface area contributed by atoms with Crippen LogP contribution >= 0.6 is 0 Å². The SMILES string of the molecule is c1ccc(-c2ccc(N(c3ccccc3-c3cccc4cccc(-c5ccccc5)c34)c3cccc4c3oc3ccccc34)cc2-c2ccccc2)cc1. The highest BCUT2D eigenvalue weighted by atomic mass is 16.3. The molecule has 10 aromatic rings. The van der Waals surface area contributed by atoms with E-state index in [2.05, 4.69) is 211 Å². The normalized spacial score (nSPS) is 11.3. The summed E-state index contributed by atoms with van der Waals surface area (Å²) in [6, 6.07) is 75.8. The molecule has 9 aromatic carbocycles. The van der Waals surface area contributed by atoms with E-state index >= 15 is 0 Å². The van der Waals surface area contributed by atoms with Crippen LogP contribution in [0.25, 0.3) is 77.2 Å². The van der Waals surface area contributed by atoms with Crippen molar-refractivity contribution in [2.24, 2.45) is 0 Å². The van der Waals surface area contributed by atoms with Crippen LogP contribution in [0.2, 0.25) is 0 Å². The van der Waals surface area contributed by atoms with Crippen molar-refractivity contribution in [2.75, 3.05) is 4.90 Å². The van der Waals surface area contributed by atoms with Gasteiger partial charge in [0.1, 0.15) is 5.58 Å². The predicted octanol–water partition coefficient (Wildman–Crippen LogP) is 14.9. The summed E-state index contributed by atoms with van der Waals surface area (Å²) in [5.74, 6) is 0. The Labute approximate surface area is 314 Å². The molecule has 0 N–H and O–H groups in total. The first-order chi connectivity index (χ1) is 26.8. The second-order valence-electron chi connectivity index (χ2n) is 13.6. The lowest BCUT2D eigenvalue weighted by Crippen LogP contribution is -2.12. The molecule has 1 heterocycles. The standard InChI is InChI=1S/C52H35NO/c1-4-17-36(18-5-1)41-34-33-40(35-47(41)38-21-8-3-9-22-38)53(49-31-16-29-46-44-26-11-13-32-50(44)54-52(46)49)48-30-12-10-25-43(48)45-28-15-24-39-23-14-27-42(51(39)45)37-19-6-2-7-20-37/h1-35H. The number of para-hydroxylation sites is 3. The van der Waals surface area contributed by atoms with Gasteiger partial charge < -0.3 is 9.32 Å². The Kier molecular flexibility index (Phi) is 7.85. The van der Waals surface area contributed by atoms with E-state index in [9.17, 15) is 0 Å². The Morgan fingerprint density at radius 2 is 0.870 bits per heavy atom. The molecule has 0 radical (unpaired) electrons. The van der Waals surface area contributed by atoms with E-state index in [0.29, 0.717) is 0 Å². The molecule has 0 amide bonds. The molecule has 1 aromatic heterocycles. The lowest BCUT2D eigenvalue weighted by molar-refractivity contribution is 0.669. The molecule has 54 heavy (non-hydrogen) atoms. The van der Waals surface area contributed by atoms with Crippen LogP contribution in [0.5, 0.6) is 0 Å². The lowest BCUT2D eigenvalue weighted by atomic mass is 9.90. The maximum atomic E-state index is 6.77. The van der Waals surface area contributed by atoms with Crippen LogP contribution in [0.1, 0.15) is 0 Å². The molecule has 0 unspecified atom stereocenters. The van der Waals surface area contributed by atoms with Gasteiger partial charge in [-0.15, -0.1) is 0 Å². The first-order valence-corrected chi connectivity index (χ1v) is 18.4. The minimum atomic E-state index is 0.852. The fraction of sp³-hybridized carbons (Fsp3) is 0. The van der Waals surface area contributed by atoms with Gasteiger partial charge in [0, 0.05) is 22.0 Å². The van der Waals surface area contributed by atoms with Gasteiger partial charge in [0.05, 0.1) is 11.4 Å². The first kappa shape index (κ1) is 31.6. The lowest BCUT2D eigenvalue weighted by Gasteiger charge is -2.29. The maximum Gasteiger partial charge on any atom is 0.159 e. The minimum absolute atomic E-state index is 0.852. The van der Waals surface area contributed by atoms with Crippen molar-refractivity contribution in [2.45, 2.75) is 0 Å². The summed E-state index contributed by atoms with van der Waals surface area (Å²) in [5, 5.41) is 4.62. The summed E-state index contributed by atoms with van der Waals surface area (Å²) in [6.07, 6.45) is 0. The highest BCUT2D eigenvalue weighted by Crippen LogP contribution is 2.48. The van der Waals surface area contributed by atoms with Crippen molar-refractivity contribution in [3.05, 3.63) is 212 Å². The van der Waals surface area contributed by atoms with Crippen molar-refractivity contribution in [1.29, 1.82) is 0 Å². The van der Waals surface area contributed by atoms with Gasteiger partial charge >= 0.3 is 0 Å². The summed E-state index contributed by atoms with van der Waals surface area (Å²) < 4.78 is 6.77. The Morgan fingerprint density at radius 3 is 1.61 bits per heavy atom. The molecule has 0 aliphatic heterocycles. The number of furan rings is 1. The molecule has 2 nitrogen and oxygen atoms in total. The molecular formula is C52H35NO. The van der Waals surface area contributed by atoms with Crippen molar-refractivity contribution < 1.29 is 4.42 Å². The van der Waals surface area contributed by atoms with Gasteiger partial charge in [-0.25, -0.2) is 0 Å². The number of hydrogen-bond acceptors (Lipinski definition) is 2. The van der Waals surface area contributed by atoms with E-state index < -0.39 is 0 Å². The van der Waals surface area contributed by atoms with Crippen LogP contribution in [-0.4, -0.2) is 0 Å². The van der Waals surface area contributed by atoms with E-state index in [-0.39, 0.29) is 0 Å². The van der Waals surface area contributed by atoms with Crippen molar-refractivity contribution >= 4 is 49.8 Å². The highest BCUT2D eigenvalue weighted by Gasteiger charge is 2.24. The van der Waals surface area contributed by atoms with E-state index in [1.807, 2.05) is 6.07 Å². The molecule has 0 bridgehead atoms. The van der Waals surface area contributed by atoms with E-state index in [1.54, 1.807) is 0 Å². The molecule has 0 spiro atoms. The molecule has 0 atom stereocenters. The predicted molar refractivity (Wildman–Crippen MR) is 228 cm³/mol. The summed E-state index contributed by atoms with van der Waals surface area (Å²) in [6.45, 7) is 0. The fourth-order valence-electron chi connectivity index (χ4n) is 8.03. The van der Waals surface area contributed by atoms with Crippen LogP contribution in [-0.2, 0) is 0 Å². The van der Waals surface area contributed by atoms with Crippen LogP contribution in [0, 0.1) is 0 Å². The monoisotopic (exact) mass is 689 g/mol. The third-order valence-corrected chi connectivity index (χ3v) is 10.5. The van der Waals surface area contributed by atoms with Gasteiger partial charge in [-0.3, -0.25) is 0 Å². The molecule has 2 heteroatoms. The number of fused-ring (bicyclic) bond motifs is 4. The van der Waals surface area contributed by atoms with Crippen LogP contribution < -0.4 is 4.90 Å². The topological polar surface area (TPSA) is 16.4 Å². The Balaban J connectivity index is 1.28. The zero-order valence-electron chi connectivity index (χ0n) is 29.6. The van der Waals surface area contributed by atoms with Gasteiger partial charge in [0.2, 0.25) is 0 Å². The van der Waals surface area contributed by atoms with E-state index in [1.165, 1.54) is 38.6 Å². The Morgan fingerprint density at radius 1 is 0.333 bits per heavy atom. The number of rotatable bonds is 7. The van der Waals surface area contributed by atoms with Crippen LogP contribution in [0.4, 0.5) is 17.1 Å². The second-order valence-corrected chi connectivity index (χ2v) is 13.6. The van der Waals surface area contributed by atoms with Gasteiger partial charge in [-0.1, -0.05) is 182 Å². The molecule has 0 aliphatic carbocycles. The molecular weight excluding hydrogens is 655 g/mol. The maximum absolute atomic E-state index is 6.77. The summed E-state index contributed by atoms with van der Waals surface area (Å²) >= 11 is 0. The molecule has 0 saturated heterocycles. The van der Waals surface area contributed by atoms with Gasteiger partial charge in [-0.2, -0.15) is 0 Å². The third kappa shape index (κ3) is 5.44. The zero-order chi connectivity index (χ0) is 35.8. The van der Waals surface area contributed by atoms with Gasteiger partial charge in [0.15, 0.2) is 5.58 Å². The molecule has 254 valence electrons. The summed E-state index contributed by atoms with van der Waals surface area (Å²) in [7, 11) is 0. The van der Waals surface area contributed by atoms with Crippen molar-refractivity contribution in [3.8, 4) is 44.5 Å². The van der Waals surface area contributed by atoms with Gasteiger partial charge in [-0.05, 0) is 80.0 Å². The van der Waals surface area contributed by atoms with Crippen molar-refractivity contribution in [1.82, 2.24) is 0 Å². The number of nitrogens with zero attached hydrogens (tertiary/aromatic N) is 1. The molecule has 0 saturated carbocycles. The number of benzene rings is 9.